The summed E-state index contributed by atoms with van der Waals surface area (Å²) in [6.07, 6.45) is -3.48. The molecular formula is C13H16F3NO. The molecule has 0 unspecified atom stereocenters. The molecule has 1 aromatic carbocycles. The standard InChI is InChI=1S/C13H16F3NO/c1-17(10-13(14,15)16)9-5-8-12(18)11-6-3-2-4-7-11/h2-4,6-7H,5,8-10H2,1H3. The summed E-state index contributed by atoms with van der Waals surface area (Å²) in [5.41, 5.74) is 0.607. The van der Waals surface area contributed by atoms with E-state index in [2.05, 4.69) is 0 Å². The molecule has 0 radical (unpaired) electrons. The third kappa shape index (κ3) is 5.82. The van der Waals surface area contributed by atoms with Crippen molar-refractivity contribution in [2.75, 3.05) is 20.1 Å². The van der Waals surface area contributed by atoms with Gasteiger partial charge in [0.05, 0.1) is 6.54 Å². The molecule has 5 heteroatoms. The highest BCUT2D eigenvalue weighted by molar-refractivity contribution is 5.95. The van der Waals surface area contributed by atoms with Crippen LogP contribution in [0.3, 0.4) is 0 Å². The van der Waals surface area contributed by atoms with E-state index < -0.39 is 12.7 Å². The summed E-state index contributed by atoms with van der Waals surface area (Å²) in [4.78, 5) is 12.8. The van der Waals surface area contributed by atoms with Crippen molar-refractivity contribution < 1.29 is 18.0 Å². The van der Waals surface area contributed by atoms with Crippen LogP contribution in [-0.4, -0.2) is 37.0 Å². The van der Waals surface area contributed by atoms with Crippen molar-refractivity contribution in [3.63, 3.8) is 0 Å². The summed E-state index contributed by atoms with van der Waals surface area (Å²) in [5.74, 6) is -0.0315. The molecule has 0 bridgehead atoms. The van der Waals surface area contributed by atoms with Crippen molar-refractivity contribution in [1.82, 2.24) is 4.90 Å². The van der Waals surface area contributed by atoms with E-state index in [9.17, 15) is 18.0 Å². The molecule has 0 aromatic heterocycles. The largest absolute Gasteiger partial charge is 0.401 e. The number of nitrogens with zero attached hydrogens (tertiary/aromatic N) is 1. The maximum absolute atomic E-state index is 12.0. The van der Waals surface area contributed by atoms with Crippen molar-refractivity contribution in [1.29, 1.82) is 0 Å². The summed E-state index contributed by atoms with van der Waals surface area (Å²) < 4.78 is 36.1. The van der Waals surface area contributed by atoms with Crippen LogP contribution in [0.15, 0.2) is 30.3 Å². The van der Waals surface area contributed by atoms with Crippen LogP contribution in [-0.2, 0) is 0 Å². The molecule has 0 aliphatic rings. The lowest BCUT2D eigenvalue weighted by atomic mass is 10.1. The van der Waals surface area contributed by atoms with Crippen LogP contribution in [0.2, 0.25) is 0 Å². The Balaban J connectivity index is 2.28. The van der Waals surface area contributed by atoms with E-state index in [1.165, 1.54) is 11.9 Å². The van der Waals surface area contributed by atoms with Crippen molar-refractivity contribution in [3.8, 4) is 0 Å². The van der Waals surface area contributed by atoms with Gasteiger partial charge in [-0.25, -0.2) is 0 Å². The Labute approximate surface area is 104 Å². The summed E-state index contributed by atoms with van der Waals surface area (Å²) in [6, 6.07) is 8.77. The maximum atomic E-state index is 12.0. The molecule has 0 fully saturated rings. The number of carbonyl (C=O) groups is 1. The van der Waals surface area contributed by atoms with Gasteiger partial charge in [0.25, 0.3) is 0 Å². The molecule has 0 heterocycles. The second-order valence-corrected chi connectivity index (χ2v) is 4.25. The molecule has 0 aliphatic carbocycles. The monoisotopic (exact) mass is 259 g/mol. The van der Waals surface area contributed by atoms with Crippen molar-refractivity contribution in [2.24, 2.45) is 0 Å². The minimum Gasteiger partial charge on any atom is -0.298 e. The van der Waals surface area contributed by atoms with Crippen LogP contribution in [0, 0.1) is 0 Å². The minimum atomic E-state index is -4.18. The van der Waals surface area contributed by atoms with Gasteiger partial charge < -0.3 is 0 Å². The fourth-order valence-corrected chi connectivity index (χ4v) is 1.66. The van der Waals surface area contributed by atoms with E-state index in [-0.39, 0.29) is 18.7 Å². The van der Waals surface area contributed by atoms with Crippen LogP contribution >= 0.6 is 0 Å². The smallest absolute Gasteiger partial charge is 0.298 e. The second-order valence-electron chi connectivity index (χ2n) is 4.25. The highest BCUT2D eigenvalue weighted by Gasteiger charge is 2.28. The third-order valence-corrected chi connectivity index (χ3v) is 2.49. The van der Waals surface area contributed by atoms with Gasteiger partial charge in [-0.2, -0.15) is 13.2 Å². The Bertz CT molecular complexity index is 376. The van der Waals surface area contributed by atoms with Gasteiger partial charge in [0, 0.05) is 12.0 Å². The van der Waals surface area contributed by atoms with Gasteiger partial charge in [-0.15, -0.1) is 0 Å². The zero-order valence-corrected chi connectivity index (χ0v) is 10.2. The molecule has 1 aromatic rings. The number of alkyl halides is 3. The number of rotatable bonds is 6. The Morgan fingerprint density at radius 3 is 2.39 bits per heavy atom. The predicted molar refractivity (Wildman–Crippen MR) is 63.6 cm³/mol. The Morgan fingerprint density at radius 1 is 1.22 bits per heavy atom. The molecule has 0 aliphatic heterocycles. The van der Waals surface area contributed by atoms with Gasteiger partial charge in [0.1, 0.15) is 0 Å². The molecule has 1 rings (SSSR count). The zero-order valence-electron chi connectivity index (χ0n) is 10.2. The van der Waals surface area contributed by atoms with Crippen LogP contribution < -0.4 is 0 Å². The highest BCUT2D eigenvalue weighted by Crippen LogP contribution is 2.15. The van der Waals surface area contributed by atoms with Gasteiger partial charge in [-0.1, -0.05) is 30.3 Å². The molecule has 2 nitrogen and oxygen atoms in total. The lowest BCUT2D eigenvalue weighted by Crippen LogP contribution is -2.31. The van der Waals surface area contributed by atoms with Crippen molar-refractivity contribution >= 4 is 5.78 Å². The molecule has 0 saturated carbocycles. The number of hydrogen-bond acceptors (Lipinski definition) is 2. The summed E-state index contributed by atoms with van der Waals surface area (Å²) >= 11 is 0. The topological polar surface area (TPSA) is 20.3 Å². The maximum Gasteiger partial charge on any atom is 0.401 e. The van der Waals surface area contributed by atoms with Crippen LogP contribution in [0.5, 0.6) is 0 Å². The van der Waals surface area contributed by atoms with Crippen LogP contribution in [0.4, 0.5) is 13.2 Å². The average molecular weight is 259 g/mol. The molecule has 0 atom stereocenters. The third-order valence-electron chi connectivity index (χ3n) is 2.49. The van der Waals surface area contributed by atoms with Gasteiger partial charge in [-0.3, -0.25) is 9.69 Å². The lowest BCUT2D eigenvalue weighted by Gasteiger charge is -2.17. The second kappa shape index (κ2) is 6.54. The van der Waals surface area contributed by atoms with E-state index in [1.54, 1.807) is 24.3 Å². The van der Waals surface area contributed by atoms with Gasteiger partial charge in [0.2, 0.25) is 0 Å². The molecule has 0 spiro atoms. The molecule has 18 heavy (non-hydrogen) atoms. The Kier molecular flexibility index (Phi) is 5.34. The van der Waals surface area contributed by atoms with Gasteiger partial charge in [0.15, 0.2) is 5.78 Å². The average Bonchev–Trinajstić information content (AvgIpc) is 2.27. The summed E-state index contributed by atoms with van der Waals surface area (Å²) in [5, 5.41) is 0. The number of halogens is 3. The van der Waals surface area contributed by atoms with Crippen molar-refractivity contribution in [3.05, 3.63) is 35.9 Å². The first-order chi connectivity index (χ1) is 8.38. The van der Waals surface area contributed by atoms with Gasteiger partial charge in [-0.05, 0) is 20.0 Å². The number of benzene rings is 1. The first kappa shape index (κ1) is 14.7. The minimum absolute atomic E-state index is 0.0315. The molecule has 0 saturated heterocycles. The van der Waals surface area contributed by atoms with Crippen LogP contribution in [0.25, 0.3) is 0 Å². The SMILES string of the molecule is CN(CCCC(=O)c1ccccc1)CC(F)(F)F. The Hall–Kier alpha value is -1.36. The zero-order chi connectivity index (χ0) is 13.6. The van der Waals surface area contributed by atoms with E-state index in [4.69, 9.17) is 0 Å². The lowest BCUT2D eigenvalue weighted by molar-refractivity contribution is -0.143. The van der Waals surface area contributed by atoms with E-state index in [0.29, 0.717) is 12.0 Å². The van der Waals surface area contributed by atoms with E-state index in [0.717, 1.165) is 0 Å². The quantitative estimate of drug-likeness (QED) is 0.731. The molecular weight excluding hydrogens is 243 g/mol. The first-order valence-corrected chi connectivity index (χ1v) is 5.72. The van der Waals surface area contributed by atoms with Gasteiger partial charge >= 0.3 is 6.18 Å². The molecule has 0 N–H and O–H groups in total. The number of carbonyl (C=O) groups excluding carboxylic acids is 1. The van der Waals surface area contributed by atoms with Crippen molar-refractivity contribution in [2.45, 2.75) is 19.0 Å². The number of Topliss-reactive ketones (excluding diaryl/α,β-unsaturated/α-hetero) is 1. The predicted octanol–water partition coefficient (Wildman–Crippen LogP) is 3.14. The van der Waals surface area contributed by atoms with Crippen LogP contribution in [0.1, 0.15) is 23.2 Å². The fraction of sp³-hybridized carbons (Fsp3) is 0.462. The fourth-order valence-electron chi connectivity index (χ4n) is 1.66. The van der Waals surface area contributed by atoms with E-state index in [1.807, 2.05) is 6.07 Å². The summed E-state index contributed by atoms with van der Waals surface area (Å²) in [7, 11) is 1.40. The normalized spacial score (nSPS) is 11.8. The molecule has 0 amide bonds. The summed E-state index contributed by atoms with van der Waals surface area (Å²) in [6.45, 7) is -0.676. The Morgan fingerprint density at radius 2 is 1.83 bits per heavy atom. The number of hydrogen-bond donors (Lipinski definition) is 0. The molecule has 100 valence electrons. The number of ketones is 1. The first-order valence-electron chi connectivity index (χ1n) is 5.72. The van der Waals surface area contributed by atoms with E-state index >= 15 is 0 Å². The highest BCUT2D eigenvalue weighted by atomic mass is 19.4.